The molecule has 0 saturated carbocycles. The molecule has 1 amide bonds. The first-order valence-corrected chi connectivity index (χ1v) is 17.4. The van der Waals surface area contributed by atoms with E-state index in [9.17, 15) is 25.2 Å². The molecule has 0 aliphatic heterocycles. The average molecular weight is 594 g/mol. The number of carbonyl (C=O) groups excluding carboxylic acids is 1. The molecule has 0 aliphatic carbocycles. The minimum absolute atomic E-state index is 0.273. The maximum absolute atomic E-state index is 12.3. The third kappa shape index (κ3) is 25.1. The molecule has 0 spiro atoms. The lowest BCUT2D eigenvalue weighted by atomic mass is 10.0. The molecule has 6 heteroatoms. The van der Waals surface area contributed by atoms with Gasteiger partial charge in [0.2, 0.25) is 5.91 Å². The van der Waals surface area contributed by atoms with Gasteiger partial charge in [-0.25, -0.2) is 0 Å². The van der Waals surface area contributed by atoms with Crippen LogP contribution >= 0.6 is 0 Å². The molecule has 5 N–H and O–H groups in total. The lowest BCUT2D eigenvalue weighted by Crippen LogP contribution is -2.53. The second-order valence-corrected chi connectivity index (χ2v) is 11.8. The first kappa shape index (κ1) is 40.5. The third-order valence-corrected chi connectivity index (χ3v) is 7.81. The van der Waals surface area contributed by atoms with E-state index in [4.69, 9.17) is 0 Å². The molecule has 0 radical (unpaired) electrons. The smallest absolute Gasteiger partial charge is 0.249 e. The topological polar surface area (TPSA) is 110 Å². The number of rotatable bonds is 30. The standard InChI is InChI=1S/C36H67NO5/c1-3-5-7-9-11-13-14-15-16-17-18-19-20-21-22-24-25-27-29-33(39)35(41)32(31-38)37-36(42)34(40)30-28-26-23-12-10-8-6-4-2/h18-19,22-24,26,32-35,38-41H,3-17,20-21,25,27-31H2,1-2H3,(H,37,42)/b19-18+,24-22+,26-23-. The van der Waals surface area contributed by atoms with Gasteiger partial charge in [-0.05, 0) is 70.6 Å². The van der Waals surface area contributed by atoms with Gasteiger partial charge in [0.15, 0.2) is 0 Å². The van der Waals surface area contributed by atoms with Gasteiger partial charge in [0.25, 0.3) is 0 Å². The minimum Gasteiger partial charge on any atom is -0.394 e. The highest BCUT2D eigenvalue weighted by Gasteiger charge is 2.28. The van der Waals surface area contributed by atoms with Gasteiger partial charge in [-0.15, -0.1) is 0 Å². The predicted octanol–water partition coefficient (Wildman–Crippen LogP) is 7.84. The largest absolute Gasteiger partial charge is 0.394 e. The number of amides is 1. The lowest BCUT2D eigenvalue weighted by molar-refractivity contribution is -0.132. The van der Waals surface area contributed by atoms with E-state index >= 15 is 0 Å². The van der Waals surface area contributed by atoms with Crippen molar-refractivity contribution in [3.63, 3.8) is 0 Å². The molecule has 246 valence electrons. The van der Waals surface area contributed by atoms with Crippen molar-refractivity contribution in [1.82, 2.24) is 5.32 Å². The summed E-state index contributed by atoms with van der Waals surface area (Å²) in [5, 5.41) is 43.1. The van der Waals surface area contributed by atoms with Crippen molar-refractivity contribution in [2.24, 2.45) is 0 Å². The Kier molecular flexibility index (Phi) is 29.9. The van der Waals surface area contributed by atoms with Crippen LogP contribution in [0.4, 0.5) is 0 Å². The Balaban J connectivity index is 3.93. The summed E-state index contributed by atoms with van der Waals surface area (Å²) in [5.41, 5.74) is 0. The maximum Gasteiger partial charge on any atom is 0.249 e. The van der Waals surface area contributed by atoms with E-state index in [0.717, 1.165) is 32.1 Å². The van der Waals surface area contributed by atoms with Crippen LogP contribution in [0.25, 0.3) is 0 Å². The third-order valence-electron chi connectivity index (χ3n) is 7.81. The Morgan fingerprint density at radius 1 is 0.571 bits per heavy atom. The van der Waals surface area contributed by atoms with E-state index in [-0.39, 0.29) is 6.42 Å². The van der Waals surface area contributed by atoms with Gasteiger partial charge in [-0.3, -0.25) is 4.79 Å². The summed E-state index contributed by atoms with van der Waals surface area (Å²) in [6.07, 6.45) is 33.3. The summed E-state index contributed by atoms with van der Waals surface area (Å²) in [5.74, 6) is -0.637. The van der Waals surface area contributed by atoms with Crippen LogP contribution < -0.4 is 5.32 Å². The van der Waals surface area contributed by atoms with Crippen molar-refractivity contribution >= 4 is 5.91 Å². The number of aliphatic hydroxyl groups excluding tert-OH is 4. The number of hydrogen-bond donors (Lipinski definition) is 5. The molecular formula is C36H67NO5. The van der Waals surface area contributed by atoms with Crippen LogP contribution in [0, 0.1) is 0 Å². The highest BCUT2D eigenvalue weighted by molar-refractivity contribution is 5.80. The van der Waals surface area contributed by atoms with Gasteiger partial charge in [-0.1, -0.05) is 121 Å². The number of carbonyl (C=O) groups is 1. The number of allylic oxidation sites excluding steroid dienone is 6. The second-order valence-electron chi connectivity index (χ2n) is 11.8. The first-order valence-electron chi connectivity index (χ1n) is 17.4. The van der Waals surface area contributed by atoms with E-state index in [1.165, 1.54) is 83.5 Å². The van der Waals surface area contributed by atoms with E-state index in [1.54, 1.807) is 0 Å². The molecule has 42 heavy (non-hydrogen) atoms. The fourth-order valence-corrected chi connectivity index (χ4v) is 4.95. The summed E-state index contributed by atoms with van der Waals surface area (Å²) in [6.45, 7) is 3.93. The van der Waals surface area contributed by atoms with Gasteiger partial charge < -0.3 is 25.7 Å². The fourth-order valence-electron chi connectivity index (χ4n) is 4.95. The molecule has 4 atom stereocenters. The number of nitrogens with one attached hydrogen (secondary N) is 1. The molecule has 0 aliphatic rings. The van der Waals surface area contributed by atoms with Crippen LogP contribution in [0.5, 0.6) is 0 Å². The molecule has 0 aromatic heterocycles. The SMILES string of the molecule is CCCCCC/C=C\CCC(O)C(=O)NC(CO)C(O)C(O)CCC/C=C/CC/C=C/CCCCCCCCCCC. The Labute approximate surface area is 258 Å². The summed E-state index contributed by atoms with van der Waals surface area (Å²) in [6, 6.07) is -1.02. The molecule has 0 fully saturated rings. The number of unbranched alkanes of at least 4 members (excludes halogenated alkanes) is 15. The first-order chi connectivity index (χ1) is 20.5. The molecule has 0 heterocycles. The summed E-state index contributed by atoms with van der Waals surface area (Å²) in [4.78, 5) is 12.3. The van der Waals surface area contributed by atoms with Gasteiger partial charge in [-0.2, -0.15) is 0 Å². The summed E-state index contributed by atoms with van der Waals surface area (Å²) in [7, 11) is 0. The molecular weight excluding hydrogens is 526 g/mol. The molecule has 0 aromatic rings. The van der Waals surface area contributed by atoms with E-state index in [1.807, 2.05) is 6.08 Å². The van der Waals surface area contributed by atoms with Crippen molar-refractivity contribution in [3.8, 4) is 0 Å². The zero-order valence-corrected chi connectivity index (χ0v) is 27.2. The Morgan fingerprint density at radius 2 is 1.00 bits per heavy atom. The van der Waals surface area contributed by atoms with Crippen LogP contribution in [0.15, 0.2) is 36.5 Å². The molecule has 6 nitrogen and oxygen atoms in total. The molecule has 0 aromatic carbocycles. The molecule has 0 rings (SSSR count). The minimum atomic E-state index is -1.30. The normalized spacial score (nSPS) is 15.1. The van der Waals surface area contributed by atoms with Crippen LogP contribution in [-0.4, -0.2) is 57.3 Å². The van der Waals surface area contributed by atoms with Crippen LogP contribution in [0.2, 0.25) is 0 Å². The Morgan fingerprint density at radius 3 is 1.52 bits per heavy atom. The van der Waals surface area contributed by atoms with Crippen LogP contribution in [0.3, 0.4) is 0 Å². The summed E-state index contributed by atoms with van der Waals surface area (Å²) >= 11 is 0. The van der Waals surface area contributed by atoms with Crippen molar-refractivity contribution in [2.75, 3.05) is 6.61 Å². The van der Waals surface area contributed by atoms with Gasteiger partial charge in [0.05, 0.1) is 18.8 Å². The van der Waals surface area contributed by atoms with Crippen molar-refractivity contribution in [1.29, 1.82) is 0 Å². The maximum atomic E-state index is 12.3. The zero-order chi connectivity index (χ0) is 31.1. The van der Waals surface area contributed by atoms with Gasteiger partial charge in [0.1, 0.15) is 12.2 Å². The average Bonchev–Trinajstić information content (AvgIpc) is 2.99. The second kappa shape index (κ2) is 31.0. The van der Waals surface area contributed by atoms with E-state index < -0.39 is 36.9 Å². The van der Waals surface area contributed by atoms with E-state index in [2.05, 4.69) is 49.5 Å². The van der Waals surface area contributed by atoms with Crippen molar-refractivity contribution in [3.05, 3.63) is 36.5 Å². The molecule has 4 unspecified atom stereocenters. The molecule has 0 bridgehead atoms. The zero-order valence-electron chi connectivity index (χ0n) is 27.2. The predicted molar refractivity (Wildman–Crippen MR) is 177 cm³/mol. The fraction of sp³-hybridized carbons (Fsp3) is 0.806. The molecule has 0 saturated heterocycles. The van der Waals surface area contributed by atoms with Crippen LogP contribution in [0.1, 0.15) is 155 Å². The number of aliphatic hydroxyl groups is 4. The highest BCUT2D eigenvalue weighted by atomic mass is 16.3. The lowest BCUT2D eigenvalue weighted by Gasteiger charge is -2.27. The van der Waals surface area contributed by atoms with Crippen molar-refractivity contribution in [2.45, 2.75) is 179 Å². The Hall–Kier alpha value is -1.47. The van der Waals surface area contributed by atoms with Gasteiger partial charge in [0, 0.05) is 0 Å². The number of hydrogen-bond acceptors (Lipinski definition) is 5. The van der Waals surface area contributed by atoms with E-state index in [0.29, 0.717) is 19.3 Å². The highest BCUT2D eigenvalue weighted by Crippen LogP contribution is 2.12. The quantitative estimate of drug-likeness (QED) is 0.0431. The summed E-state index contributed by atoms with van der Waals surface area (Å²) < 4.78 is 0. The van der Waals surface area contributed by atoms with Gasteiger partial charge >= 0.3 is 0 Å². The van der Waals surface area contributed by atoms with Crippen LogP contribution in [-0.2, 0) is 4.79 Å². The van der Waals surface area contributed by atoms with Crippen molar-refractivity contribution < 1.29 is 25.2 Å². The monoisotopic (exact) mass is 594 g/mol. The Bertz CT molecular complexity index is 678.